The van der Waals surface area contributed by atoms with Gasteiger partial charge in [0.1, 0.15) is 11.4 Å². The fraction of sp³-hybridized carbons (Fsp3) is 0.121. The van der Waals surface area contributed by atoms with Crippen molar-refractivity contribution in [3.63, 3.8) is 0 Å². The van der Waals surface area contributed by atoms with Crippen LogP contribution in [-0.4, -0.2) is 30.1 Å². The minimum Gasteiger partial charge on any atom is -0.497 e. The van der Waals surface area contributed by atoms with E-state index in [9.17, 15) is 14.4 Å². The number of nitrogens with one attached hydrogen (secondary N) is 3. The second-order valence-electron chi connectivity index (χ2n) is 9.24. The topological polar surface area (TPSA) is 96.5 Å². The molecule has 220 valence electrons. The monoisotopic (exact) mass is 633 g/mol. The Kier molecular flexibility index (Phi) is 11.3. The average molecular weight is 635 g/mol. The normalized spacial score (nSPS) is 11.8. The van der Waals surface area contributed by atoms with Crippen LogP contribution in [-0.2, 0) is 9.59 Å². The Bertz CT molecular complexity index is 1630. The fourth-order valence-electron chi connectivity index (χ4n) is 3.95. The summed E-state index contributed by atoms with van der Waals surface area (Å²) in [5.74, 6) is -0.487. The molecular formula is C33H29Cl2N3O4S. The number of carbonyl (C=O) groups is 3. The van der Waals surface area contributed by atoms with Crippen LogP contribution in [0.15, 0.2) is 108 Å². The van der Waals surface area contributed by atoms with Gasteiger partial charge in [0.05, 0.1) is 28.1 Å². The van der Waals surface area contributed by atoms with Gasteiger partial charge in [-0.1, -0.05) is 72.6 Å². The van der Waals surface area contributed by atoms with Crippen LogP contribution in [0, 0.1) is 0 Å². The van der Waals surface area contributed by atoms with Gasteiger partial charge in [0, 0.05) is 16.1 Å². The van der Waals surface area contributed by atoms with Crippen molar-refractivity contribution in [3.8, 4) is 5.75 Å². The molecule has 3 N–H and O–H groups in total. The van der Waals surface area contributed by atoms with Crippen molar-refractivity contribution in [2.45, 2.75) is 23.5 Å². The molecule has 0 aromatic heterocycles. The number of methoxy groups -OCH3 is 1. The zero-order valence-corrected chi connectivity index (χ0v) is 25.7. The van der Waals surface area contributed by atoms with Gasteiger partial charge >= 0.3 is 0 Å². The molecule has 10 heteroatoms. The van der Waals surface area contributed by atoms with Crippen molar-refractivity contribution < 1.29 is 19.1 Å². The molecule has 0 fully saturated rings. The molecule has 0 aliphatic carbocycles. The number of anilines is 2. The summed E-state index contributed by atoms with van der Waals surface area (Å²) in [7, 11) is 1.57. The van der Waals surface area contributed by atoms with E-state index in [1.807, 2.05) is 19.1 Å². The van der Waals surface area contributed by atoms with E-state index in [1.54, 1.807) is 98.1 Å². The molecule has 4 aromatic rings. The first kappa shape index (κ1) is 31.7. The zero-order valence-electron chi connectivity index (χ0n) is 23.4. The van der Waals surface area contributed by atoms with E-state index in [2.05, 4.69) is 16.0 Å². The molecule has 0 spiro atoms. The molecule has 0 aliphatic heterocycles. The van der Waals surface area contributed by atoms with E-state index in [4.69, 9.17) is 27.9 Å². The average Bonchev–Trinajstić information content (AvgIpc) is 3.02. The molecule has 3 amide bonds. The standard InChI is InChI=1S/C33H29Cl2N3O4S/c1-3-29(33(41)37-27-14-8-13-26(34)30(27)35)43-25-12-7-11-23(20-25)36-32(40)28(19-21-15-17-24(42-2)18-16-21)38-31(39)22-9-5-4-6-10-22/h4-20,29H,3H2,1-2H3,(H,36,40)(H,37,41)(H,38,39)/b28-19+. The molecule has 0 bridgehead atoms. The Morgan fingerprint density at radius 1 is 0.884 bits per heavy atom. The number of halogens is 2. The Hall–Kier alpha value is -4.24. The first-order valence-electron chi connectivity index (χ1n) is 13.3. The molecule has 7 nitrogen and oxygen atoms in total. The maximum absolute atomic E-state index is 13.5. The maximum Gasteiger partial charge on any atom is 0.272 e. The first-order valence-corrected chi connectivity index (χ1v) is 15.0. The van der Waals surface area contributed by atoms with Crippen molar-refractivity contribution in [2.24, 2.45) is 0 Å². The molecule has 4 aromatic carbocycles. The number of hydrogen-bond donors (Lipinski definition) is 3. The highest BCUT2D eigenvalue weighted by atomic mass is 35.5. The van der Waals surface area contributed by atoms with Gasteiger partial charge in [-0.3, -0.25) is 14.4 Å². The first-order chi connectivity index (χ1) is 20.8. The fourth-order valence-corrected chi connectivity index (χ4v) is 5.32. The number of benzene rings is 4. The van der Waals surface area contributed by atoms with Gasteiger partial charge in [0.2, 0.25) is 5.91 Å². The largest absolute Gasteiger partial charge is 0.497 e. The van der Waals surface area contributed by atoms with Crippen molar-refractivity contribution >= 4 is 70.1 Å². The van der Waals surface area contributed by atoms with E-state index >= 15 is 0 Å². The number of hydrogen-bond acceptors (Lipinski definition) is 5. The van der Waals surface area contributed by atoms with E-state index < -0.39 is 17.1 Å². The van der Waals surface area contributed by atoms with E-state index in [0.717, 1.165) is 4.90 Å². The third kappa shape index (κ3) is 8.88. The summed E-state index contributed by atoms with van der Waals surface area (Å²) in [4.78, 5) is 40.2. The van der Waals surface area contributed by atoms with Crippen LogP contribution in [0.4, 0.5) is 11.4 Å². The number of amides is 3. The van der Waals surface area contributed by atoms with Gasteiger partial charge < -0.3 is 20.7 Å². The van der Waals surface area contributed by atoms with Gasteiger partial charge in [-0.2, -0.15) is 0 Å². The third-order valence-corrected chi connectivity index (χ3v) is 8.38. The lowest BCUT2D eigenvalue weighted by molar-refractivity contribution is -0.116. The van der Waals surface area contributed by atoms with Crippen LogP contribution in [0.3, 0.4) is 0 Å². The van der Waals surface area contributed by atoms with Crippen LogP contribution >= 0.6 is 35.0 Å². The molecule has 1 atom stereocenters. The minimum absolute atomic E-state index is 0.0567. The van der Waals surface area contributed by atoms with Crippen molar-refractivity contribution in [1.82, 2.24) is 5.32 Å². The summed E-state index contributed by atoms with van der Waals surface area (Å²) in [6, 6.07) is 27.9. The van der Waals surface area contributed by atoms with Gasteiger partial charge in [-0.05, 0) is 72.7 Å². The summed E-state index contributed by atoms with van der Waals surface area (Å²) in [5.41, 5.74) is 2.10. The van der Waals surface area contributed by atoms with Gasteiger partial charge in [-0.25, -0.2) is 0 Å². The SMILES string of the molecule is CCC(Sc1cccc(NC(=O)/C(=C\c2ccc(OC)cc2)NC(=O)c2ccccc2)c1)C(=O)Nc1cccc(Cl)c1Cl. The van der Waals surface area contributed by atoms with Gasteiger partial charge in [-0.15, -0.1) is 11.8 Å². The minimum atomic E-state index is -0.511. The predicted molar refractivity (Wildman–Crippen MR) is 175 cm³/mol. The molecule has 1 unspecified atom stereocenters. The highest BCUT2D eigenvalue weighted by Gasteiger charge is 2.20. The lowest BCUT2D eigenvalue weighted by Gasteiger charge is -2.16. The smallest absolute Gasteiger partial charge is 0.272 e. The molecule has 0 aliphatic rings. The lowest BCUT2D eigenvalue weighted by Crippen LogP contribution is -2.30. The molecule has 0 saturated heterocycles. The molecule has 0 saturated carbocycles. The molecular weight excluding hydrogens is 605 g/mol. The lowest BCUT2D eigenvalue weighted by atomic mass is 10.1. The van der Waals surface area contributed by atoms with Crippen molar-refractivity contribution in [1.29, 1.82) is 0 Å². The molecule has 0 radical (unpaired) electrons. The summed E-state index contributed by atoms with van der Waals surface area (Å²) in [6.07, 6.45) is 2.14. The predicted octanol–water partition coefficient (Wildman–Crippen LogP) is 7.92. The van der Waals surface area contributed by atoms with Crippen molar-refractivity contribution in [2.75, 3.05) is 17.7 Å². The van der Waals surface area contributed by atoms with E-state index in [0.29, 0.717) is 39.7 Å². The van der Waals surface area contributed by atoms with Crippen LogP contribution in [0.5, 0.6) is 5.75 Å². The number of thioether (sulfide) groups is 1. The second kappa shape index (κ2) is 15.3. The number of rotatable bonds is 11. The second-order valence-corrected chi connectivity index (χ2v) is 11.3. The molecule has 4 rings (SSSR count). The van der Waals surface area contributed by atoms with Crippen LogP contribution in [0.25, 0.3) is 6.08 Å². The van der Waals surface area contributed by atoms with E-state index in [-0.39, 0.29) is 16.6 Å². The highest BCUT2D eigenvalue weighted by Crippen LogP contribution is 2.32. The Morgan fingerprint density at radius 2 is 1.60 bits per heavy atom. The van der Waals surface area contributed by atoms with Gasteiger partial charge in [0.15, 0.2) is 0 Å². The van der Waals surface area contributed by atoms with E-state index in [1.165, 1.54) is 11.8 Å². The highest BCUT2D eigenvalue weighted by molar-refractivity contribution is 8.00. The summed E-state index contributed by atoms with van der Waals surface area (Å²) in [6.45, 7) is 1.91. The third-order valence-electron chi connectivity index (χ3n) is 6.20. The Labute approximate surface area is 264 Å². The van der Waals surface area contributed by atoms with Crippen molar-refractivity contribution in [3.05, 3.63) is 124 Å². The quantitative estimate of drug-likeness (QED) is 0.115. The number of carbonyl (C=O) groups excluding carboxylic acids is 3. The summed E-state index contributed by atoms with van der Waals surface area (Å²) in [5, 5.41) is 8.64. The Morgan fingerprint density at radius 3 is 2.30 bits per heavy atom. The zero-order chi connectivity index (χ0) is 30.8. The number of ether oxygens (including phenoxy) is 1. The van der Waals surface area contributed by atoms with Gasteiger partial charge in [0.25, 0.3) is 11.8 Å². The van der Waals surface area contributed by atoms with Crippen LogP contribution < -0.4 is 20.7 Å². The summed E-state index contributed by atoms with van der Waals surface area (Å²) < 4.78 is 5.22. The molecule has 0 heterocycles. The van der Waals surface area contributed by atoms with Crippen LogP contribution in [0.2, 0.25) is 10.0 Å². The van der Waals surface area contributed by atoms with Crippen LogP contribution in [0.1, 0.15) is 29.3 Å². The molecule has 43 heavy (non-hydrogen) atoms. The maximum atomic E-state index is 13.5. The Balaban J connectivity index is 1.51. The summed E-state index contributed by atoms with van der Waals surface area (Å²) >= 11 is 13.7.